The fraction of sp³-hybridized carbons (Fsp3) is 0.0667. The first-order valence-electron chi connectivity index (χ1n) is 12.7. The Morgan fingerprint density at radius 1 is 0.884 bits per heavy atom. The molecule has 0 saturated carbocycles. The van der Waals surface area contributed by atoms with Crippen LogP contribution in [0.15, 0.2) is 96.1 Å². The fourth-order valence-corrected chi connectivity index (χ4v) is 6.09. The summed E-state index contributed by atoms with van der Waals surface area (Å²) >= 11 is 6.58. The van der Waals surface area contributed by atoms with Crippen molar-refractivity contribution in [3.05, 3.63) is 118 Å². The minimum absolute atomic E-state index is 0.0110. The highest BCUT2D eigenvalue weighted by atomic mass is 35.5. The zero-order chi connectivity index (χ0) is 30.4. The van der Waals surface area contributed by atoms with E-state index in [1.807, 2.05) is 42.5 Å². The molecule has 43 heavy (non-hydrogen) atoms. The maximum absolute atomic E-state index is 12.9. The normalized spacial score (nSPS) is 12.1. The van der Waals surface area contributed by atoms with Gasteiger partial charge in [-0.15, -0.1) is 0 Å². The first-order valence-corrected chi connectivity index (χ1v) is 14.7. The smallest absolute Gasteiger partial charge is 0.305 e. The molecule has 4 aromatic heterocycles. The highest BCUT2D eigenvalue weighted by molar-refractivity contribution is 7.91. The van der Waals surface area contributed by atoms with E-state index in [9.17, 15) is 26.4 Å². The Labute approximate surface area is 247 Å². The topological polar surface area (TPSA) is 118 Å². The second-order valence-corrected chi connectivity index (χ2v) is 11.8. The van der Waals surface area contributed by atoms with Crippen LogP contribution in [0.1, 0.15) is 11.3 Å². The molecule has 13 heteroatoms. The van der Waals surface area contributed by atoms with Crippen molar-refractivity contribution < 1.29 is 21.6 Å². The van der Waals surface area contributed by atoms with Gasteiger partial charge in [0.15, 0.2) is 0 Å². The van der Waals surface area contributed by atoms with Crippen LogP contribution >= 0.6 is 11.6 Å². The zero-order valence-corrected chi connectivity index (χ0v) is 23.4. The number of halogens is 4. The molecule has 0 aliphatic carbocycles. The van der Waals surface area contributed by atoms with Gasteiger partial charge < -0.3 is 4.98 Å². The molecule has 6 aromatic rings. The molecule has 0 spiro atoms. The lowest BCUT2D eigenvalue weighted by Crippen LogP contribution is -2.22. The van der Waals surface area contributed by atoms with Gasteiger partial charge in [0, 0.05) is 34.3 Å². The maximum atomic E-state index is 12.9. The molecule has 2 N–H and O–H groups in total. The summed E-state index contributed by atoms with van der Waals surface area (Å²) in [5.74, 6) is -0.699. The second kappa shape index (κ2) is 10.8. The number of aromatic nitrogens is 4. The van der Waals surface area contributed by atoms with E-state index in [2.05, 4.69) is 19.7 Å². The van der Waals surface area contributed by atoms with Crippen LogP contribution in [0.2, 0.25) is 5.02 Å². The van der Waals surface area contributed by atoms with E-state index >= 15 is 0 Å². The molecule has 0 radical (unpaired) electrons. The van der Waals surface area contributed by atoms with E-state index in [0.717, 1.165) is 28.8 Å². The summed E-state index contributed by atoms with van der Waals surface area (Å²) in [4.78, 5) is 27.9. The third-order valence-electron chi connectivity index (χ3n) is 6.58. The Morgan fingerprint density at radius 2 is 1.67 bits per heavy atom. The number of sulfonamides is 1. The van der Waals surface area contributed by atoms with E-state index in [4.69, 9.17) is 16.6 Å². The van der Waals surface area contributed by atoms with E-state index in [1.165, 1.54) is 6.07 Å². The number of H-pyrrole nitrogens is 1. The number of aromatic amines is 1. The largest absolute Gasteiger partial charge is 0.433 e. The van der Waals surface area contributed by atoms with E-state index in [-0.39, 0.29) is 16.9 Å². The number of hydrogen-bond acceptors (Lipinski definition) is 6. The summed E-state index contributed by atoms with van der Waals surface area (Å²) < 4.78 is 66.4. The van der Waals surface area contributed by atoms with Gasteiger partial charge in [-0.05, 0) is 47.5 Å². The van der Waals surface area contributed by atoms with Crippen LogP contribution in [0.5, 0.6) is 0 Å². The van der Waals surface area contributed by atoms with Gasteiger partial charge in [-0.1, -0.05) is 54.1 Å². The molecule has 0 unspecified atom stereocenters. The van der Waals surface area contributed by atoms with Crippen molar-refractivity contribution in [2.45, 2.75) is 11.9 Å². The summed E-state index contributed by atoms with van der Waals surface area (Å²) in [6.45, 7) is 0. The van der Waals surface area contributed by atoms with Gasteiger partial charge in [0.25, 0.3) is 5.56 Å². The zero-order valence-electron chi connectivity index (χ0n) is 21.9. The molecule has 0 saturated heterocycles. The Hall–Kier alpha value is -4.81. The van der Waals surface area contributed by atoms with Gasteiger partial charge in [0.1, 0.15) is 17.0 Å². The Morgan fingerprint density at radius 3 is 2.40 bits per heavy atom. The quantitative estimate of drug-likeness (QED) is 0.211. The molecule has 2 aromatic carbocycles. The number of alkyl halides is 3. The average molecular weight is 622 g/mol. The third-order valence-corrected chi connectivity index (χ3v) is 8.11. The second-order valence-electron chi connectivity index (χ2n) is 9.64. The fourth-order valence-electron chi connectivity index (χ4n) is 4.65. The molecular weight excluding hydrogens is 603 g/mol. The molecule has 0 amide bonds. The molecule has 0 bridgehead atoms. The predicted octanol–water partition coefficient (Wildman–Crippen LogP) is 6.81. The number of benzene rings is 2. The van der Waals surface area contributed by atoms with Gasteiger partial charge in [0.2, 0.25) is 10.0 Å². The van der Waals surface area contributed by atoms with Crippen molar-refractivity contribution >= 4 is 49.2 Å². The lowest BCUT2D eigenvalue weighted by Gasteiger charge is -2.14. The molecule has 0 atom stereocenters. The number of nitrogens with zero attached hydrogens (tertiary/aromatic N) is 3. The number of pyridine rings is 4. The molecule has 8 nitrogen and oxygen atoms in total. The predicted molar refractivity (Wildman–Crippen MR) is 159 cm³/mol. The highest BCUT2D eigenvalue weighted by Gasteiger charge is 2.32. The minimum Gasteiger partial charge on any atom is -0.305 e. The van der Waals surface area contributed by atoms with Crippen molar-refractivity contribution in [3.8, 4) is 22.4 Å². The van der Waals surface area contributed by atoms with Crippen LogP contribution in [-0.2, 0) is 22.0 Å². The van der Waals surface area contributed by atoms with Crippen LogP contribution in [0.3, 0.4) is 0 Å². The van der Waals surface area contributed by atoms with Crippen molar-refractivity contribution in [1.29, 1.82) is 0 Å². The van der Waals surface area contributed by atoms with Gasteiger partial charge in [-0.2, -0.15) is 13.2 Å². The molecule has 0 fully saturated rings. The monoisotopic (exact) mass is 621 g/mol. The van der Waals surface area contributed by atoms with Crippen LogP contribution in [-0.4, -0.2) is 28.4 Å². The number of anilines is 1. The first-order chi connectivity index (χ1) is 20.5. The SMILES string of the molecule is O=c1[nH]c2nc(-c3ccccc3)c(-c3cc(Cl)c4ncccc4c3)cc2cc1NS(=O)(=O)Cc1ccc(C(F)(F)F)nc1. The van der Waals surface area contributed by atoms with Gasteiger partial charge in [0.05, 0.1) is 22.0 Å². The maximum Gasteiger partial charge on any atom is 0.433 e. The summed E-state index contributed by atoms with van der Waals surface area (Å²) in [5.41, 5.74) is 1.41. The average Bonchev–Trinajstić information content (AvgIpc) is 2.97. The summed E-state index contributed by atoms with van der Waals surface area (Å²) in [5, 5.41) is 1.65. The van der Waals surface area contributed by atoms with Crippen molar-refractivity contribution in [1.82, 2.24) is 19.9 Å². The highest BCUT2D eigenvalue weighted by Crippen LogP contribution is 2.37. The summed E-state index contributed by atoms with van der Waals surface area (Å²) in [7, 11) is -4.21. The van der Waals surface area contributed by atoms with Gasteiger partial charge in [-0.3, -0.25) is 19.5 Å². The van der Waals surface area contributed by atoms with Crippen molar-refractivity contribution in [2.24, 2.45) is 0 Å². The van der Waals surface area contributed by atoms with Crippen LogP contribution in [0, 0.1) is 0 Å². The Kier molecular flexibility index (Phi) is 7.10. The van der Waals surface area contributed by atoms with Gasteiger partial charge >= 0.3 is 6.18 Å². The Bertz CT molecular complexity index is 2170. The molecule has 216 valence electrons. The standard InChI is InChI=1S/C30H19ClF3N5O3S/c31-23-13-20(11-19-7-4-10-35-27(19)23)22-12-21-14-24(29(40)38-28(21)37-26(22)18-5-2-1-3-6-18)39-43(41,42)16-17-8-9-25(36-15-17)30(32,33)34/h1-15,39H,16H2,(H,37,38,40). The molecule has 6 rings (SSSR count). The summed E-state index contributed by atoms with van der Waals surface area (Å²) in [6.07, 6.45) is -2.18. The van der Waals surface area contributed by atoms with E-state index < -0.39 is 33.2 Å². The lowest BCUT2D eigenvalue weighted by molar-refractivity contribution is -0.141. The van der Waals surface area contributed by atoms with Crippen LogP contribution in [0.4, 0.5) is 18.9 Å². The number of hydrogen-bond donors (Lipinski definition) is 2. The van der Waals surface area contributed by atoms with E-state index in [1.54, 1.807) is 24.4 Å². The summed E-state index contributed by atoms with van der Waals surface area (Å²) in [6, 6.07) is 21.5. The van der Waals surface area contributed by atoms with Crippen LogP contribution in [0.25, 0.3) is 44.3 Å². The van der Waals surface area contributed by atoms with Gasteiger partial charge in [-0.25, -0.2) is 13.4 Å². The first kappa shape index (κ1) is 28.3. The molecule has 0 aliphatic heterocycles. The van der Waals surface area contributed by atoms with Crippen LogP contribution < -0.4 is 10.3 Å². The van der Waals surface area contributed by atoms with E-state index in [0.29, 0.717) is 33.2 Å². The molecule has 0 aliphatic rings. The Balaban J connectivity index is 1.42. The lowest BCUT2D eigenvalue weighted by atomic mass is 9.97. The van der Waals surface area contributed by atoms with Crippen molar-refractivity contribution in [2.75, 3.05) is 4.72 Å². The number of rotatable bonds is 6. The van der Waals surface area contributed by atoms with Crippen molar-refractivity contribution in [3.63, 3.8) is 0 Å². The number of nitrogens with one attached hydrogen (secondary N) is 2. The molecular formula is C30H19ClF3N5O3S. The number of fused-ring (bicyclic) bond motifs is 2. The third kappa shape index (κ3) is 5.92. The minimum atomic E-state index is -4.66. The molecule has 4 heterocycles.